The number of rotatable bonds is 6. The number of piperidine rings is 1. The number of piperazine rings is 1. The van der Waals surface area contributed by atoms with E-state index in [-0.39, 0.29) is 63.7 Å². The van der Waals surface area contributed by atoms with Crippen LogP contribution in [0.2, 0.25) is 0 Å². The van der Waals surface area contributed by atoms with Crippen molar-refractivity contribution in [2.75, 3.05) is 39.3 Å². The van der Waals surface area contributed by atoms with Crippen LogP contribution in [0.25, 0.3) is 11.1 Å². The molecule has 3 fully saturated rings. The number of halogens is 3. The van der Waals surface area contributed by atoms with Crippen LogP contribution < -0.4 is 5.56 Å². The van der Waals surface area contributed by atoms with Gasteiger partial charge in [0.1, 0.15) is 5.60 Å². The number of benzene rings is 1. The Morgan fingerprint density at radius 3 is 2.12 bits per heavy atom. The van der Waals surface area contributed by atoms with E-state index in [4.69, 9.17) is 4.74 Å². The Kier molecular flexibility index (Phi) is 10.3. The lowest BCUT2D eigenvalue weighted by molar-refractivity contribution is -0.172. The van der Waals surface area contributed by atoms with E-state index in [1.165, 1.54) is 28.7 Å². The molecule has 1 spiro atoms. The summed E-state index contributed by atoms with van der Waals surface area (Å²) in [6, 6.07) is 10.5. The maximum absolute atomic E-state index is 14.2. The molecule has 2 saturated heterocycles. The van der Waals surface area contributed by atoms with E-state index in [0.717, 1.165) is 12.8 Å². The molecule has 3 aliphatic rings. The van der Waals surface area contributed by atoms with Crippen molar-refractivity contribution in [2.24, 2.45) is 11.3 Å². The number of hydrogen-bond acceptors (Lipinski definition) is 6. The topological polar surface area (TPSA) is 112 Å². The van der Waals surface area contributed by atoms with E-state index in [1.54, 1.807) is 30.6 Å². The minimum absolute atomic E-state index is 0.0594. The molecule has 10 nitrogen and oxygen atoms in total. The summed E-state index contributed by atoms with van der Waals surface area (Å²) >= 11 is 0. The van der Waals surface area contributed by atoms with Gasteiger partial charge in [-0.3, -0.25) is 14.4 Å². The van der Waals surface area contributed by atoms with Crippen molar-refractivity contribution in [1.82, 2.24) is 19.3 Å². The highest BCUT2D eigenvalue weighted by atomic mass is 19.4. The zero-order chi connectivity index (χ0) is 35.8. The molecule has 2 aliphatic heterocycles. The van der Waals surface area contributed by atoms with E-state index >= 15 is 0 Å². The Morgan fingerprint density at radius 1 is 0.918 bits per heavy atom. The molecule has 1 aromatic heterocycles. The molecule has 3 heterocycles. The molecule has 1 unspecified atom stereocenters. The van der Waals surface area contributed by atoms with Gasteiger partial charge in [-0.25, -0.2) is 4.79 Å². The molecule has 1 aliphatic carbocycles. The van der Waals surface area contributed by atoms with Gasteiger partial charge in [0.15, 0.2) is 0 Å². The van der Waals surface area contributed by atoms with Crippen molar-refractivity contribution < 1.29 is 37.4 Å². The number of amides is 3. The predicted octanol–water partition coefficient (Wildman–Crippen LogP) is 5.32. The van der Waals surface area contributed by atoms with Crippen LogP contribution in [0, 0.1) is 11.3 Å². The Bertz CT molecular complexity index is 1590. The van der Waals surface area contributed by atoms with Crippen LogP contribution in [-0.4, -0.2) is 98.9 Å². The summed E-state index contributed by atoms with van der Waals surface area (Å²) in [5.74, 6) is -2.15. The molecule has 1 saturated carbocycles. The van der Waals surface area contributed by atoms with Gasteiger partial charge in [-0.2, -0.15) is 13.2 Å². The second kappa shape index (κ2) is 13.8. The third kappa shape index (κ3) is 8.13. The number of pyridine rings is 1. The number of carbonyl (C=O) groups is 3. The molecule has 268 valence electrons. The van der Waals surface area contributed by atoms with Crippen molar-refractivity contribution in [1.29, 1.82) is 0 Å². The molecule has 3 amide bonds. The highest BCUT2D eigenvalue weighted by Crippen LogP contribution is 2.52. The molecule has 2 aromatic rings. The summed E-state index contributed by atoms with van der Waals surface area (Å²) in [6.07, 6.45) is -1.87. The normalized spacial score (nSPS) is 21.9. The Labute approximate surface area is 284 Å². The quantitative estimate of drug-likeness (QED) is 0.440. The smallest absolute Gasteiger partial charge is 0.410 e. The van der Waals surface area contributed by atoms with Crippen LogP contribution in [0.15, 0.2) is 47.4 Å². The van der Waals surface area contributed by atoms with Crippen LogP contribution in [0.1, 0.15) is 76.6 Å². The number of likely N-dealkylation sites (tertiary alicyclic amines) is 1. The summed E-state index contributed by atoms with van der Waals surface area (Å²) in [4.78, 5) is 58.3. The van der Waals surface area contributed by atoms with Crippen LogP contribution >= 0.6 is 0 Å². The van der Waals surface area contributed by atoms with E-state index in [1.807, 2.05) is 30.3 Å². The number of carbonyl (C=O) groups excluding carboxylic acids is 3. The SMILES string of the molecule is C[C@H](CC(F)(F)F)C(=O)N1CCC(O)(Cn2cc(C(=O)N3CCN(C(=O)OC(C)(C)C)CC3)c(-c3ccccc3)cc2=O)C2(CCCC2)C1. The van der Waals surface area contributed by atoms with Crippen molar-refractivity contribution in [2.45, 2.75) is 90.1 Å². The number of ether oxygens (including phenoxy) is 1. The Hall–Kier alpha value is -3.87. The molecule has 1 aromatic carbocycles. The van der Waals surface area contributed by atoms with Crippen molar-refractivity contribution in [3.05, 3.63) is 58.5 Å². The maximum Gasteiger partial charge on any atom is 0.410 e. The maximum atomic E-state index is 14.2. The Balaban J connectivity index is 1.42. The standard InChI is InChI=1S/C36H47F3N4O6/c1-25(21-36(37,38)39)30(45)42-15-14-35(48,34(23-42)12-8-9-13-34)24-43-22-28(27(20-29(43)44)26-10-6-5-7-11-26)31(46)40-16-18-41(19-17-40)32(47)49-33(2,3)4/h5-7,10-11,20,22,25,48H,8-9,12-19,21,23-24H2,1-4H3/t25-,35?/m1/s1. The van der Waals surface area contributed by atoms with Crippen molar-refractivity contribution >= 4 is 17.9 Å². The molecule has 49 heavy (non-hydrogen) atoms. The van der Waals surface area contributed by atoms with Gasteiger partial charge in [0.2, 0.25) is 5.91 Å². The number of aliphatic hydroxyl groups is 1. The van der Waals surface area contributed by atoms with E-state index < -0.39 is 52.7 Å². The lowest BCUT2D eigenvalue weighted by Gasteiger charge is -2.52. The van der Waals surface area contributed by atoms with Crippen molar-refractivity contribution in [3.63, 3.8) is 0 Å². The molecule has 13 heteroatoms. The van der Waals surface area contributed by atoms with Gasteiger partial charge in [-0.15, -0.1) is 0 Å². The molecule has 0 bridgehead atoms. The fourth-order valence-electron chi connectivity index (χ4n) is 7.63. The minimum atomic E-state index is -4.47. The second-order valence-electron chi connectivity index (χ2n) is 14.9. The van der Waals surface area contributed by atoms with Crippen LogP contribution in [0.4, 0.5) is 18.0 Å². The summed E-state index contributed by atoms with van der Waals surface area (Å²) in [5, 5.41) is 12.3. The number of alkyl halides is 3. The molecule has 2 atom stereocenters. The lowest BCUT2D eigenvalue weighted by atomic mass is 9.65. The third-order valence-corrected chi connectivity index (χ3v) is 10.2. The molecule has 1 N–H and O–H groups in total. The van der Waals surface area contributed by atoms with E-state index in [0.29, 0.717) is 24.0 Å². The van der Waals surface area contributed by atoms with Crippen LogP contribution in [0.3, 0.4) is 0 Å². The summed E-state index contributed by atoms with van der Waals surface area (Å²) < 4.78 is 46.1. The third-order valence-electron chi connectivity index (χ3n) is 10.2. The summed E-state index contributed by atoms with van der Waals surface area (Å²) in [6.45, 7) is 7.76. The van der Waals surface area contributed by atoms with Crippen LogP contribution in [0.5, 0.6) is 0 Å². The predicted molar refractivity (Wildman–Crippen MR) is 177 cm³/mol. The number of aromatic nitrogens is 1. The van der Waals surface area contributed by atoms with E-state index in [9.17, 15) is 37.5 Å². The fourth-order valence-corrected chi connectivity index (χ4v) is 7.63. The minimum Gasteiger partial charge on any atom is -0.444 e. The first kappa shape index (κ1) is 36.4. The van der Waals surface area contributed by atoms with Gasteiger partial charge in [-0.1, -0.05) is 50.1 Å². The zero-order valence-electron chi connectivity index (χ0n) is 28.7. The van der Waals surface area contributed by atoms with Gasteiger partial charge < -0.3 is 29.1 Å². The molecule has 0 radical (unpaired) electrons. The number of hydrogen-bond donors (Lipinski definition) is 1. The fraction of sp³-hybridized carbons (Fsp3) is 0.611. The van der Waals surface area contributed by atoms with Gasteiger partial charge in [-0.05, 0) is 45.6 Å². The average molecular weight is 689 g/mol. The molecular formula is C36H47F3N4O6. The first-order valence-corrected chi connectivity index (χ1v) is 17.1. The highest BCUT2D eigenvalue weighted by molar-refractivity contribution is 6.00. The first-order chi connectivity index (χ1) is 22.9. The highest BCUT2D eigenvalue weighted by Gasteiger charge is 2.56. The average Bonchev–Trinajstić information content (AvgIpc) is 3.51. The number of nitrogens with zero attached hydrogens (tertiary/aromatic N) is 4. The van der Waals surface area contributed by atoms with Crippen molar-refractivity contribution in [3.8, 4) is 11.1 Å². The summed E-state index contributed by atoms with van der Waals surface area (Å²) in [7, 11) is 0. The largest absolute Gasteiger partial charge is 0.444 e. The Morgan fingerprint density at radius 2 is 1.53 bits per heavy atom. The van der Waals surface area contributed by atoms with Gasteiger partial charge in [0.25, 0.3) is 11.5 Å². The monoisotopic (exact) mass is 688 g/mol. The lowest BCUT2D eigenvalue weighted by Crippen LogP contribution is -2.62. The van der Waals surface area contributed by atoms with E-state index in [2.05, 4.69) is 0 Å². The van der Waals surface area contributed by atoms with Gasteiger partial charge in [0.05, 0.1) is 24.1 Å². The second-order valence-corrected chi connectivity index (χ2v) is 14.9. The first-order valence-electron chi connectivity index (χ1n) is 17.1. The zero-order valence-corrected chi connectivity index (χ0v) is 28.7. The summed E-state index contributed by atoms with van der Waals surface area (Å²) in [5.41, 5.74) is -1.92. The van der Waals surface area contributed by atoms with Gasteiger partial charge in [0, 0.05) is 68.4 Å². The molecule has 5 rings (SSSR count). The van der Waals surface area contributed by atoms with Gasteiger partial charge >= 0.3 is 12.3 Å². The molecular weight excluding hydrogens is 641 g/mol. The van der Waals surface area contributed by atoms with Crippen LogP contribution in [-0.2, 0) is 16.1 Å².